The monoisotopic (exact) mass is 304 g/mol. The van der Waals surface area contributed by atoms with Crippen molar-refractivity contribution in [3.63, 3.8) is 0 Å². The van der Waals surface area contributed by atoms with Crippen LogP contribution < -0.4 is 11.1 Å². The largest absolute Gasteiger partial charge is 0.399 e. The smallest absolute Gasteiger partial charge is 0.123 e. The number of nitrogen functional groups attached to an aromatic ring is 1. The zero-order valence-corrected chi connectivity index (χ0v) is 13.0. The van der Waals surface area contributed by atoms with Crippen molar-refractivity contribution in [1.29, 1.82) is 0 Å². The van der Waals surface area contributed by atoms with E-state index in [1.807, 2.05) is 18.7 Å². The van der Waals surface area contributed by atoms with Crippen LogP contribution in [0.3, 0.4) is 0 Å². The second-order valence-electron chi connectivity index (χ2n) is 4.86. The van der Waals surface area contributed by atoms with Gasteiger partial charge in [-0.3, -0.25) is 0 Å². The second-order valence-corrected chi connectivity index (χ2v) is 6.00. The molecular formula is C17H21FN2S. The van der Waals surface area contributed by atoms with E-state index in [9.17, 15) is 4.39 Å². The summed E-state index contributed by atoms with van der Waals surface area (Å²) < 4.78 is 12.6. The maximum atomic E-state index is 12.6. The highest BCUT2D eigenvalue weighted by Gasteiger charge is 2.05. The molecule has 0 atom stereocenters. The number of nitrogens with one attached hydrogen (secondary N) is 1. The lowest BCUT2D eigenvalue weighted by Crippen LogP contribution is -2.09. The molecule has 0 saturated carbocycles. The molecule has 1 aliphatic heterocycles. The molecule has 4 heteroatoms. The SMILES string of the molecule is CCCc1cc(F)ccc1N.c1ccc2c(c1)NCCS2. The number of nitrogens with two attached hydrogens (primary N) is 1. The van der Waals surface area contributed by atoms with Gasteiger partial charge in [0.05, 0.1) is 0 Å². The van der Waals surface area contributed by atoms with Crippen LogP contribution in [0.5, 0.6) is 0 Å². The first kappa shape index (κ1) is 15.7. The summed E-state index contributed by atoms with van der Waals surface area (Å²) in [6, 6.07) is 12.9. The van der Waals surface area contributed by atoms with E-state index in [1.165, 1.54) is 28.5 Å². The zero-order chi connectivity index (χ0) is 15.1. The van der Waals surface area contributed by atoms with Crippen LogP contribution in [0.1, 0.15) is 18.9 Å². The number of aryl methyl sites for hydroxylation is 1. The fourth-order valence-electron chi connectivity index (χ4n) is 2.15. The predicted octanol–water partition coefficient (Wildman–Crippen LogP) is 4.56. The fraction of sp³-hybridized carbons (Fsp3) is 0.294. The highest BCUT2D eigenvalue weighted by Crippen LogP contribution is 2.29. The van der Waals surface area contributed by atoms with Crippen molar-refractivity contribution in [3.05, 3.63) is 53.8 Å². The Hall–Kier alpha value is -1.68. The van der Waals surface area contributed by atoms with Gasteiger partial charge >= 0.3 is 0 Å². The zero-order valence-electron chi connectivity index (χ0n) is 12.2. The molecule has 2 aromatic carbocycles. The first-order valence-electron chi connectivity index (χ1n) is 7.20. The van der Waals surface area contributed by atoms with Gasteiger partial charge in [0, 0.05) is 28.6 Å². The van der Waals surface area contributed by atoms with Gasteiger partial charge in [0.1, 0.15) is 5.82 Å². The predicted molar refractivity (Wildman–Crippen MR) is 90.5 cm³/mol. The normalized spacial score (nSPS) is 12.7. The Morgan fingerprint density at radius 3 is 2.81 bits per heavy atom. The summed E-state index contributed by atoms with van der Waals surface area (Å²) >= 11 is 1.93. The van der Waals surface area contributed by atoms with Gasteiger partial charge in [-0.15, -0.1) is 11.8 Å². The van der Waals surface area contributed by atoms with E-state index in [1.54, 1.807) is 6.07 Å². The molecule has 0 spiro atoms. The van der Waals surface area contributed by atoms with Crippen LogP contribution in [-0.2, 0) is 6.42 Å². The van der Waals surface area contributed by atoms with Gasteiger partial charge in [0.25, 0.3) is 0 Å². The highest BCUT2D eigenvalue weighted by molar-refractivity contribution is 7.99. The minimum atomic E-state index is -0.206. The van der Waals surface area contributed by atoms with Crippen molar-refractivity contribution in [2.45, 2.75) is 24.7 Å². The van der Waals surface area contributed by atoms with Crippen LogP contribution in [0.25, 0.3) is 0 Å². The van der Waals surface area contributed by atoms with Crippen LogP contribution in [0.15, 0.2) is 47.4 Å². The molecule has 0 fully saturated rings. The molecule has 3 N–H and O–H groups in total. The summed E-state index contributed by atoms with van der Waals surface area (Å²) in [6.45, 7) is 3.14. The van der Waals surface area contributed by atoms with Crippen molar-refractivity contribution in [2.24, 2.45) is 0 Å². The minimum absolute atomic E-state index is 0.206. The molecule has 0 bridgehead atoms. The number of anilines is 2. The van der Waals surface area contributed by atoms with Crippen LogP contribution in [0.2, 0.25) is 0 Å². The molecule has 112 valence electrons. The molecule has 0 amide bonds. The van der Waals surface area contributed by atoms with E-state index < -0.39 is 0 Å². The summed E-state index contributed by atoms with van der Waals surface area (Å²) in [5, 5.41) is 3.34. The van der Waals surface area contributed by atoms with E-state index in [2.05, 4.69) is 29.6 Å². The van der Waals surface area contributed by atoms with Gasteiger partial charge in [-0.1, -0.05) is 25.5 Å². The molecule has 3 rings (SSSR count). The Morgan fingerprint density at radius 2 is 2.05 bits per heavy atom. The number of rotatable bonds is 2. The molecule has 0 radical (unpaired) electrons. The van der Waals surface area contributed by atoms with E-state index >= 15 is 0 Å². The topological polar surface area (TPSA) is 38.0 Å². The number of fused-ring (bicyclic) bond motifs is 1. The molecule has 0 aromatic heterocycles. The average Bonchev–Trinajstić information content (AvgIpc) is 2.52. The summed E-state index contributed by atoms with van der Waals surface area (Å²) in [4.78, 5) is 1.38. The van der Waals surface area contributed by atoms with E-state index in [-0.39, 0.29) is 5.82 Å². The third-order valence-corrected chi connectivity index (χ3v) is 4.26. The fourth-order valence-corrected chi connectivity index (χ4v) is 3.04. The molecule has 0 unspecified atom stereocenters. The molecular weight excluding hydrogens is 283 g/mol. The van der Waals surface area contributed by atoms with Crippen LogP contribution in [0, 0.1) is 5.82 Å². The number of thioether (sulfide) groups is 1. The molecule has 1 aliphatic rings. The Labute approximate surface area is 129 Å². The van der Waals surface area contributed by atoms with E-state index in [0.29, 0.717) is 5.69 Å². The van der Waals surface area contributed by atoms with Gasteiger partial charge in [0.15, 0.2) is 0 Å². The molecule has 0 aliphatic carbocycles. The molecule has 2 aromatic rings. The molecule has 2 nitrogen and oxygen atoms in total. The third-order valence-electron chi connectivity index (χ3n) is 3.19. The summed E-state index contributed by atoms with van der Waals surface area (Å²) in [6.07, 6.45) is 1.84. The van der Waals surface area contributed by atoms with Crippen LogP contribution in [0.4, 0.5) is 15.8 Å². The number of hydrogen-bond donors (Lipinski definition) is 2. The maximum absolute atomic E-state index is 12.6. The Bertz CT molecular complexity index is 562. The van der Waals surface area contributed by atoms with Crippen molar-refractivity contribution in [1.82, 2.24) is 0 Å². The summed E-state index contributed by atoms with van der Waals surface area (Å²) in [7, 11) is 0. The molecule has 1 heterocycles. The standard InChI is InChI=1S/C9H12FN.C8H9NS/c1-2-3-7-6-8(10)4-5-9(7)11;1-2-4-8-7(3-1)9-5-6-10-8/h4-6H,2-3,11H2,1H3;1-4,9H,5-6H2. The summed E-state index contributed by atoms with van der Waals surface area (Å²) in [5.41, 5.74) is 8.50. The number of para-hydroxylation sites is 1. The van der Waals surface area contributed by atoms with Gasteiger partial charge in [-0.25, -0.2) is 4.39 Å². The van der Waals surface area contributed by atoms with Gasteiger partial charge in [-0.05, 0) is 42.3 Å². The quantitative estimate of drug-likeness (QED) is 0.798. The first-order chi connectivity index (χ1) is 10.2. The van der Waals surface area contributed by atoms with Crippen molar-refractivity contribution in [3.8, 4) is 0 Å². The van der Waals surface area contributed by atoms with Gasteiger partial charge in [-0.2, -0.15) is 0 Å². The minimum Gasteiger partial charge on any atom is -0.399 e. The van der Waals surface area contributed by atoms with Crippen LogP contribution >= 0.6 is 11.8 Å². The Morgan fingerprint density at radius 1 is 1.24 bits per heavy atom. The van der Waals surface area contributed by atoms with Crippen molar-refractivity contribution >= 4 is 23.1 Å². The lowest BCUT2D eigenvalue weighted by molar-refractivity contribution is 0.625. The number of hydrogen-bond acceptors (Lipinski definition) is 3. The summed E-state index contributed by atoms with van der Waals surface area (Å²) in [5.74, 6) is 0.986. The van der Waals surface area contributed by atoms with Crippen molar-refractivity contribution in [2.75, 3.05) is 23.3 Å². The molecule has 0 saturated heterocycles. The van der Waals surface area contributed by atoms with Gasteiger partial charge < -0.3 is 11.1 Å². The maximum Gasteiger partial charge on any atom is 0.123 e. The highest BCUT2D eigenvalue weighted by atomic mass is 32.2. The first-order valence-corrected chi connectivity index (χ1v) is 8.19. The third kappa shape index (κ3) is 4.67. The second kappa shape index (κ2) is 7.93. The Balaban J connectivity index is 0.000000154. The average molecular weight is 304 g/mol. The van der Waals surface area contributed by atoms with E-state index in [0.717, 1.165) is 24.9 Å². The number of halogens is 1. The van der Waals surface area contributed by atoms with Crippen molar-refractivity contribution < 1.29 is 4.39 Å². The lowest BCUT2D eigenvalue weighted by atomic mass is 10.1. The van der Waals surface area contributed by atoms with E-state index in [4.69, 9.17) is 5.73 Å². The van der Waals surface area contributed by atoms with Crippen LogP contribution in [-0.4, -0.2) is 12.3 Å². The molecule has 21 heavy (non-hydrogen) atoms. The van der Waals surface area contributed by atoms with Gasteiger partial charge in [0.2, 0.25) is 0 Å². The Kier molecular flexibility index (Phi) is 5.93. The lowest BCUT2D eigenvalue weighted by Gasteiger charge is -2.16. The number of benzene rings is 2.